The first-order chi connectivity index (χ1) is 13.0. The van der Waals surface area contributed by atoms with Crippen LogP contribution in [0, 0.1) is 11.6 Å². The summed E-state index contributed by atoms with van der Waals surface area (Å²) in [5, 5.41) is 7.81. The zero-order valence-corrected chi connectivity index (χ0v) is 15.8. The third-order valence-electron chi connectivity index (χ3n) is 3.35. The quantitative estimate of drug-likeness (QED) is 0.551. The van der Waals surface area contributed by atoms with Crippen LogP contribution in [0.3, 0.4) is 0 Å². The zero-order chi connectivity index (χ0) is 19.6. The second-order valence-corrected chi connectivity index (χ2v) is 6.29. The number of benzene rings is 2. The van der Waals surface area contributed by atoms with Gasteiger partial charge in [-0.2, -0.15) is 0 Å². The predicted octanol–water partition coefficient (Wildman–Crippen LogP) is 2.84. The molecule has 0 saturated heterocycles. The number of halogens is 3. The van der Waals surface area contributed by atoms with Crippen molar-refractivity contribution in [3.63, 3.8) is 0 Å². The lowest BCUT2D eigenvalue weighted by atomic mass is 10.2. The van der Waals surface area contributed by atoms with E-state index in [1.807, 2.05) is 0 Å². The molecule has 0 aromatic heterocycles. The van der Waals surface area contributed by atoms with E-state index in [0.717, 1.165) is 16.6 Å². The Hall–Kier alpha value is -2.68. The van der Waals surface area contributed by atoms with Crippen molar-refractivity contribution in [1.82, 2.24) is 16.0 Å². The molecule has 0 saturated carbocycles. The molecule has 144 valence electrons. The zero-order valence-electron chi connectivity index (χ0n) is 14.2. The van der Waals surface area contributed by atoms with Crippen LogP contribution < -0.4 is 20.7 Å². The Bertz CT molecular complexity index is 788. The van der Waals surface area contributed by atoms with Gasteiger partial charge in [-0.3, -0.25) is 4.79 Å². The molecule has 0 radical (unpaired) electrons. The molecule has 2 aromatic carbocycles. The van der Waals surface area contributed by atoms with Crippen molar-refractivity contribution < 1.29 is 23.1 Å². The highest BCUT2D eigenvalue weighted by molar-refractivity contribution is 9.10. The fraction of sp³-hybridized carbons (Fsp3) is 0.222. The van der Waals surface area contributed by atoms with Crippen molar-refractivity contribution in [3.05, 3.63) is 64.1 Å². The lowest BCUT2D eigenvalue weighted by molar-refractivity contribution is 0.0954. The van der Waals surface area contributed by atoms with Gasteiger partial charge in [0.25, 0.3) is 5.91 Å². The maximum absolute atomic E-state index is 13.0. The molecule has 0 spiro atoms. The summed E-state index contributed by atoms with van der Waals surface area (Å²) in [6, 6.07) is 9.68. The van der Waals surface area contributed by atoms with Crippen LogP contribution in [0.25, 0.3) is 0 Å². The first-order valence-electron chi connectivity index (χ1n) is 8.09. The van der Waals surface area contributed by atoms with Crippen LogP contribution in [-0.4, -0.2) is 38.2 Å². The Balaban J connectivity index is 1.56. The van der Waals surface area contributed by atoms with E-state index in [9.17, 15) is 18.4 Å². The third-order valence-corrected chi connectivity index (χ3v) is 3.88. The van der Waals surface area contributed by atoms with E-state index in [-0.39, 0.29) is 37.9 Å². The summed E-state index contributed by atoms with van der Waals surface area (Å²) in [5.74, 6) is -2.01. The van der Waals surface area contributed by atoms with Crippen LogP contribution in [0.15, 0.2) is 46.9 Å². The van der Waals surface area contributed by atoms with E-state index in [1.165, 1.54) is 6.07 Å². The summed E-state index contributed by atoms with van der Waals surface area (Å²) in [6.45, 7) is 0.792. The standard InChI is InChI=1S/C18H18BrF2N3O3/c19-13-3-1-12(2-4-13)17(25)22-7-8-23-18(26)24-9-10-27-14-5-6-15(20)16(21)11-14/h1-6,11H,7-10H2,(H,22,25)(H2,23,24,26). The van der Waals surface area contributed by atoms with E-state index in [2.05, 4.69) is 31.9 Å². The molecule has 2 aromatic rings. The summed E-state index contributed by atoms with van der Waals surface area (Å²) in [7, 11) is 0. The van der Waals surface area contributed by atoms with Crippen molar-refractivity contribution in [1.29, 1.82) is 0 Å². The minimum atomic E-state index is -0.997. The summed E-state index contributed by atoms with van der Waals surface area (Å²) in [5.41, 5.74) is 0.525. The van der Waals surface area contributed by atoms with Gasteiger partial charge in [0, 0.05) is 29.2 Å². The van der Waals surface area contributed by atoms with Crippen molar-refractivity contribution in [3.8, 4) is 5.75 Å². The lowest BCUT2D eigenvalue weighted by Gasteiger charge is -2.10. The molecule has 0 aliphatic rings. The first-order valence-corrected chi connectivity index (χ1v) is 8.88. The molecule has 0 bridgehead atoms. The SMILES string of the molecule is O=C(NCCNC(=O)c1ccc(Br)cc1)NCCOc1ccc(F)c(F)c1. The van der Waals surface area contributed by atoms with E-state index in [0.29, 0.717) is 5.56 Å². The van der Waals surface area contributed by atoms with Gasteiger partial charge in [-0.05, 0) is 36.4 Å². The van der Waals surface area contributed by atoms with Crippen LogP contribution in [0.1, 0.15) is 10.4 Å². The van der Waals surface area contributed by atoms with Crippen LogP contribution in [0.2, 0.25) is 0 Å². The fourth-order valence-corrected chi connectivity index (χ4v) is 2.28. The number of nitrogens with one attached hydrogen (secondary N) is 3. The van der Waals surface area contributed by atoms with E-state index >= 15 is 0 Å². The van der Waals surface area contributed by atoms with E-state index < -0.39 is 17.7 Å². The number of amides is 3. The number of carbonyl (C=O) groups is 2. The number of urea groups is 1. The molecule has 0 aliphatic heterocycles. The van der Waals surface area contributed by atoms with Gasteiger partial charge in [0.15, 0.2) is 11.6 Å². The van der Waals surface area contributed by atoms with E-state index in [1.54, 1.807) is 24.3 Å². The van der Waals surface area contributed by atoms with Crippen molar-refractivity contribution >= 4 is 27.9 Å². The summed E-state index contributed by atoms with van der Waals surface area (Å²) >= 11 is 3.29. The molecule has 2 rings (SSSR count). The summed E-state index contributed by atoms with van der Waals surface area (Å²) < 4.78 is 31.9. The summed E-state index contributed by atoms with van der Waals surface area (Å²) in [4.78, 5) is 23.5. The highest BCUT2D eigenvalue weighted by atomic mass is 79.9. The van der Waals surface area contributed by atoms with E-state index in [4.69, 9.17) is 4.74 Å². The Labute approximate surface area is 163 Å². The molecule has 0 atom stereocenters. The highest BCUT2D eigenvalue weighted by Gasteiger charge is 2.06. The molecule has 6 nitrogen and oxygen atoms in total. The van der Waals surface area contributed by atoms with Crippen LogP contribution >= 0.6 is 15.9 Å². The molecule has 0 unspecified atom stereocenters. The van der Waals surface area contributed by atoms with Gasteiger partial charge >= 0.3 is 6.03 Å². The molecular formula is C18H18BrF2N3O3. The number of hydrogen-bond donors (Lipinski definition) is 3. The molecular weight excluding hydrogens is 424 g/mol. The molecule has 9 heteroatoms. The van der Waals surface area contributed by atoms with Gasteiger partial charge < -0.3 is 20.7 Å². The lowest BCUT2D eigenvalue weighted by Crippen LogP contribution is -2.41. The molecule has 0 heterocycles. The Morgan fingerprint density at radius 2 is 1.56 bits per heavy atom. The average Bonchev–Trinajstić information content (AvgIpc) is 2.65. The van der Waals surface area contributed by atoms with Crippen LogP contribution in [0.4, 0.5) is 13.6 Å². The summed E-state index contributed by atoms with van der Waals surface area (Å²) in [6.07, 6.45) is 0. The number of hydrogen-bond acceptors (Lipinski definition) is 3. The second-order valence-electron chi connectivity index (χ2n) is 5.37. The Morgan fingerprint density at radius 3 is 2.26 bits per heavy atom. The predicted molar refractivity (Wildman–Crippen MR) is 99.7 cm³/mol. The Kier molecular flexibility index (Phi) is 8.00. The average molecular weight is 442 g/mol. The third kappa shape index (κ3) is 7.22. The smallest absolute Gasteiger partial charge is 0.314 e. The maximum atomic E-state index is 13.0. The van der Waals surface area contributed by atoms with Gasteiger partial charge in [0.05, 0.1) is 6.54 Å². The topological polar surface area (TPSA) is 79.5 Å². The molecule has 3 amide bonds. The van der Waals surface area contributed by atoms with Crippen molar-refractivity contribution in [2.45, 2.75) is 0 Å². The number of carbonyl (C=O) groups excluding carboxylic acids is 2. The minimum Gasteiger partial charge on any atom is -0.492 e. The van der Waals surface area contributed by atoms with Gasteiger partial charge in [0.2, 0.25) is 0 Å². The van der Waals surface area contributed by atoms with Gasteiger partial charge in [-0.25, -0.2) is 13.6 Å². The maximum Gasteiger partial charge on any atom is 0.314 e. The molecule has 3 N–H and O–H groups in total. The molecule has 27 heavy (non-hydrogen) atoms. The molecule has 0 fully saturated rings. The molecule has 0 aliphatic carbocycles. The van der Waals surface area contributed by atoms with Gasteiger partial charge in [0.1, 0.15) is 12.4 Å². The first kappa shape index (κ1) is 20.6. The second kappa shape index (κ2) is 10.5. The fourth-order valence-electron chi connectivity index (χ4n) is 2.02. The van der Waals surface area contributed by atoms with Crippen molar-refractivity contribution in [2.75, 3.05) is 26.2 Å². The Morgan fingerprint density at radius 1 is 0.889 bits per heavy atom. The minimum absolute atomic E-state index is 0.0960. The largest absolute Gasteiger partial charge is 0.492 e. The van der Waals surface area contributed by atoms with Gasteiger partial charge in [-0.1, -0.05) is 15.9 Å². The highest BCUT2D eigenvalue weighted by Crippen LogP contribution is 2.15. The van der Waals surface area contributed by atoms with Crippen molar-refractivity contribution in [2.24, 2.45) is 0 Å². The monoisotopic (exact) mass is 441 g/mol. The number of ether oxygens (including phenoxy) is 1. The normalized spacial score (nSPS) is 10.2. The van der Waals surface area contributed by atoms with Crippen LogP contribution in [-0.2, 0) is 0 Å². The number of rotatable bonds is 8. The van der Waals surface area contributed by atoms with Crippen LogP contribution in [0.5, 0.6) is 5.75 Å². The van der Waals surface area contributed by atoms with Gasteiger partial charge in [-0.15, -0.1) is 0 Å².